The molecule has 0 radical (unpaired) electrons. The SMILES string of the molecule is CC(C)(O)CC[C@@H]1OC(C)(C)O[C@@]1(C)C1CC[C@@]2(O)C3=CC(=O)C4CC(O)C(O)CC4(C)C3CCC12C. The third kappa shape index (κ3) is 4.02. The number of carbonyl (C=O) groups is 1. The molecule has 7 unspecified atom stereocenters. The van der Waals surface area contributed by atoms with Crippen molar-refractivity contribution in [2.45, 2.75) is 141 Å². The molecule has 37 heavy (non-hydrogen) atoms. The maximum Gasteiger partial charge on any atom is 0.164 e. The number of ether oxygens (including phenoxy) is 2. The van der Waals surface area contributed by atoms with Crippen molar-refractivity contribution in [3.63, 3.8) is 0 Å². The van der Waals surface area contributed by atoms with Crippen LogP contribution in [0.2, 0.25) is 0 Å². The first-order chi connectivity index (χ1) is 16.9. The Kier molecular flexibility index (Phi) is 6.25. The van der Waals surface area contributed by atoms with Gasteiger partial charge in [-0.25, -0.2) is 0 Å². The van der Waals surface area contributed by atoms with Crippen molar-refractivity contribution in [2.24, 2.45) is 28.6 Å². The summed E-state index contributed by atoms with van der Waals surface area (Å²) in [5, 5.41) is 43.9. The Labute approximate surface area is 221 Å². The lowest BCUT2D eigenvalue weighted by Gasteiger charge is -2.60. The lowest BCUT2D eigenvalue weighted by Crippen LogP contribution is -2.62. The monoisotopic (exact) mass is 520 g/mol. The minimum atomic E-state index is -1.15. The third-order valence-corrected chi connectivity index (χ3v) is 11.4. The number of rotatable bonds is 4. The first-order valence-electron chi connectivity index (χ1n) is 14.3. The van der Waals surface area contributed by atoms with Gasteiger partial charge in [0.2, 0.25) is 0 Å². The average Bonchev–Trinajstić information content (AvgIpc) is 3.17. The largest absolute Gasteiger partial charge is 0.390 e. The van der Waals surface area contributed by atoms with Crippen molar-refractivity contribution in [3.05, 3.63) is 11.6 Å². The van der Waals surface area contributed by atoms with Gasteiger partial charge < -0.3 is 29.9 Å². The summed E-state index contributed by atoms with van der Waals surface area (Å²) in [6.07, 6.45) is 4.51. The molecule has 5 rings (SSSR count). The van der Waals surface area contributed by atoms with Crippen LogP contribution in [0.3, 0.4) is 0 Å². The molecule has 5 aliphatic rings. The van der Waals surface area contributed by atoms with Crippen LogP contribution in [-0.2, 0) is 14.3 Å². The van der Waals surface area contributed by atoms with Crippen LogP contribution in [0.5, 0.6) is 0 Å². The molecular weight excluding hydrogens is 472 g/mol. The van der Waals surface area contributed by atoms with E-state index in [1.54, 1.807) is 6.08 Å². The van der Waals surface area contributed by atoms with Gasteiger partial charge in [-0.3, -0.25) is 4.79 Å². The van der Waals surface area contributed by atoms with Gasteiger partial charge in [0.05, 0.1) is 35.1 Å². The van der Waals surface area contributed by atoms with E-state index in [-0.39, 0.29) is 36.1 Å². The molecule has 7 nitrogen and oxygen atoms in total. The van der Waals surface area contributed by atoms with Crippen molar-refractivity contribution in [2.75, 3.05) is 0 Å². The van der Waals surface area contributed by atoms with Gasteiger partial charge in [-0.05, 0) is 115 Å². The molecule has 1 heterocycles. The fourth-order valence-corrected chi connectivity index (χ4v) is 9.49. The summed E-state index contributed by atoms with van der Waals surface area (Å²) in [6, 6.07) is 0. The van der Waals surface area contributed by atoms with Gasteiger partial charge in [0.1, 0.15) is 0 Å². The number of carbonyl (C=O) groups excluding carboxylic acids is 1. The summed E-state index contributed by atoms with van der Waals surface area (Å²) in [6.45, 7) is 13.8. The maximum absolute atomic E-state index is 13.4. The van der Waals surface area contributed by atoms with Crippen molar-refractivity contribution >= 4 is 5.78 Å². The lowest BCUT2D eigenvalue weighted by molar-refractivity contribution is -0.191. The van der Waals surface area contributed by atoms with Gasteiger partial charge in [0.25, 0.3) is 0 Å². The van der Waals surface area contributed by atoms with Crippen LogP contribution >= 0.6 is 0 Å². The number of aliphatic hydroxyl groups is 4. The van der Waals surface area contributed by atoms with Gasteiger partial charge in [-0.2, -0.15) is 0 Å². The minimum Gasteiger partial charge on any atom is -0.390 e. The topological polar surface area (TPSA) is 116 Å². The molecule has 3 saturated carbocycles. The molecule has 0 aromatic rings. The zero-order chi connectivity index (χ0) is 27.4. The van der Waals surface area contributed by atoms with Crippen LogP contribution in [0.1, 0.15) is 99.8 Å². The summed E-state index contributed by atoms with van der Waals surface area (Å²) < 4.78 is 13.1. The molecule has 210 valence electrons. The van der Waals surface area contributed by atoms with E-state index in [0.29, 0.717) is 25.7 Å². The van der Waals surface area contributed by atoms with Crippen LogP contribution in [-0.4, -0.2) is 67.1 Å². The Morgan fingerprint density at radius 2 is 1.70 bits per heavy atom. The van der Waals surface area contributed by atoms with E-state index < -0.39 is 45.6 Å². The van der Waals surface area contributed by atoms with Crippen molar-refractivity contribution in [1.82, 2.24) is 0 Å². The summed E-state index contributed by atoms with van der Waals surface area (Å²) in [5.41, 5.74) is -2.79. The first kappa shape index (κ1) is 27.7. The molecule has 0 bridgehead atoms. The van der Waals surface area contributed by atoms with E-state index in [0.717, 1.165) is 24.8 Å². The summed E-state index contributed by atoms with van der Waals surface area (Å²) in [7, 11) is 0. The van der Waals surface area contributed by atoms with E-state index in [9.17, 15) is 25.2 Å². The van der Waals surface area contributed by atoms with E-state index in [1.807, 2.05) is 27.7 Å². The molecule has 4 N–H and O–H groups in total. The van der Waals surface area contributed by atoms with Gasteiger partial charge in [0.15, 0.2) is 11.6 Å². The highest BCUT2D eigenvalue weighted by Gasteiger charge is 2.71. The first-order valence-corrected chi connectivity index (χ1v) is 14.3. The molecule has 1 aliphatic heterocycles. The van der Waals surface area contributed by atoms with Crippen molar-refractivity contribution < 1.29 is 34.7 Å². The second-order valence-electron chi connectivity index (χ2n) is 14.7. The molecule has 7 heteroatoms. The Morgan fingerprint density at radius 1 is 1.03 bits per heavy atom. The van der Waals surface area contributed by atoms with Crippen molar-refractivity contribution in [1.29, 1.82) is 0 Å². The van der Waals surface area contributed by atoms with E-state index in [1.165, 1.54) is 0 Å². The number of ketones is 1. The van der Waals surface area contributed by atoms with Crippen LogP contribution in [0.25, 0.3) is 0 Å². The number of hydrogen-bond donors (Lipinski definition) is 4. The summed E-state index contributed by atoms with van der Waals surface area (Å²) in [4.78, 5) is 13.4. The van der Waals surface area contributed by atoms with E-state index >= 15 is 0 Å². The van der Waals surface area contributed by atoms with Crippen LogP contribution in [0, 0.1) is 28.6 Å². The molecule has 4 aliphatic carbocycles. The van der Waals surface area contributed by atoms with Crippen LogP contribution < -0.4 is 0 Å². The number of allylic oxidation sites excluding steroid dienone is 1. The number of fused-ring (bicyclic) bond motifs is 5. The molecule has 0 spiro atoms. The Balaban J connectivity index is 1.51. The summed E-state index contributed by atoms with van der Waals surface area (Å²) >= 11 is 0. The predicted octanol–water partition coefficient (Wildman–Crippen LogP) is 3.65. The Bertz CT molecular complexity index is 983. The molecule has 1 saturated heterocycles. The fourth-order valence-electron chi connectivity index (χ4n) is 9.49. The molecule has 0 amide bonds. The highest BCUT2D eigenvalue weighted by Crippen LogP contribution is 2.69. The Morgan fingerprint density at radius 3 is 2.35 bits per heavy atom. The van der Waals surface area contributed by atoms with Gasteiger partial charge in [0, 0.05) is 11.3 Å². The fraction of sp³-hybridized carbons (Fsp3) is 0.900. The minimum absolute atomic E-state index is 0.000157. The lowest BCUT2D eigenvalue weighted by atomic mass is 9.45. The van der Waals surface area contributed by atoms with E-state index in [4.69, 9.17) is 9.47 Å². The number of hydrogen-bond acceptors (Lipinski definition) is 7. The predicted molar refractivity (Wildman–Crippen MR) is 138 cm³/mol. The standard InChI is InChI=1S/C30H48O7/c1-25(2,34)11-10-24-29(7,37-26(3,4)36-24)23-9-13-30(35)18-14-20(31)19-15-21(32)22(33)16-27(19,5)17(18)8-12-28(23,30)6/h14,17,19,21-24,32-35H,8-13,15-16H2,1-7H3/t17?,19?,21?,22?,23?,24-,27?,28?,29-,30+/m0/s1. The van der Waals surface area contributed by atoms with Gasteiger partial charge in [-0.15, -0.1) is 0 Å². The average molecular weight is 521 g/mol. The summed E-state index contributed by atoms with van der Waals surface area (Å²) in [5.74, 6) is -1.14. The second-order valence-corrected chi connectivity index (χ2v) is 14.7. The maximum atomic E-state index is 13.4. The molecule has 10 atom stereocenters. The van der Waals surface area contributed by atoms with Crippen LogP contribution in [0.15, 0.2) is 11.6 Å². The van der Waals surface area contributed by atoms with Crippen molar-refractivity contribution in [3.8, 4) is 0 Å². The van der Waals surface area contributed by atoms with Crippen LogP contribution in [0.4, 0.5) is 0 Å². The zero-order valence-electron chi connectivity index (χ0n) is 23.7. The third-order valence-electron chi connectivity index (χ3n) is 11.4. The molecule has 0 aromatic heterocycles. The second kappa shape index (κ2) is 8.34. The molecule has 0 aromatic carbocycles. The smallest absolute Gasteiger partial charge is 0.164 e. The zero-order valence-corrected chi connectivity index (χ0v) is 23.7. The highest BCUT2D eigenvalue weighted by atomic mass is 16.8. The highest BCUT2D eigenvalue weighted by molar-refractivity contribution is 5.95. The normalized spacial score (nSPS) is 51.3. The molecular formula is C30H48O7. The quantitative estimate of drug-likeness (QED) is 0.447. The van der Waals surface area contributed by atoms with E-state index in [2.05, 4.69) is 20.8 Å². The number of aliphatic hydroxyl groups excluding tert-OH is 2. The van der Waals surface area contributed by atoms with Gasteiger partial charge in [-0.1, -0.05) is 13.8 Å². The molecule has 4 fully saturated rings. The Hall–Kier alpha value is -0.830. The van der Waals surface area contributed by atoms with Gasteiger partial charge >= 0.3 is 0 Å².